The average molecular weight is 674 g/mol. The molecule has 49 heavy (non-hydrogen) atoms. The van der Waals surface area contributed by atoms with E-state index in [4.69, 9.17) is 14.2 Å². The number of nitrogens with zero attached hydrogens (tertiary/aromatic N) is 1. The van der Waals surface area contributed by atoms with Crippen LogP contribution in [-0.4, -0.2) is 30.1 Å². The summed E-state index contributed by atoms with van der Waals surface area (Å²) in [6.45, 7) is 7.11. The van der Waals surface area contributed by atoms with E-state index in [1.165, 1.54) is 76.7 Å². The molecule has 0 aliphatic carbocycles. The number of benzene rings is 3. The fourth-order valence-electron chi connectivity index (χ4n) is 5.48. The molecule has 266 valence electrons. The van der Waals surface area contributed by atoms with Gasteiger partial charge in [0.15, 0.2) is 5.75 Å². The minimum atomic E-state index is -0.558. The first-order valence-corrected chi connectivity index (χ1v) is 18.3. The Hall–Kier alpha value is -4.20. The first-order chi connectivity index (χ1) is 23.8. The van der Waals surface area contributed by atoms with Crippen LogP contribution in [0.4, 0.5) is 5.69 Å². The SMILES string of the molecule is CCCCCCCCCCCCCCCCOc1ccc(-c2ccc(C(=O)Oc3ccc(C(=O)OCC(C)CC)cc3)cc2)cc1[N+](=O)[O-]. The summed E-state index contributed by atoms with van der Waals surface area (Å²) in [5.74, 6) is -0.130. The number of carbonyl (C=O) groups excluding carboxylic acids is 2. The second-order valence-corrected chi connectivity index (χ2v) is 13.0. The highest BCUT2D eigenvalue weighted by atomic mass is 16.6. The van der Waals surface area contributed by atoms with Crippen molar-refractivity contribution >= 4 is 17.6 Å². The van der Waals surface area contributed by atoms with Gasteiger partial charge in [-0.15, -0.1) is 0 Å². The number of hydrogen-bond donors (Lipinski definition) is 0. The Bertz CT molecular complexity index is 1420. The Morgan fingerprint density at radius 1 is 0.673 bits per heavy atom. The molecule has 3 rings (SSSR count). The summed E-state index contributed by atoms with van der Waals surface area (Å²) in [6, 6.07) is 17.8. The van der Waals surface area contributed by atoms with Crippen molar-refractivity contribution in [3.8, 4) is 22.6 Å². The molecular weight excluding hydrogens is 618 g/mol. The Morgan fingerprint density at radius 3 is 1.73 bits per heavy atom. The molecule has 0 bridgehead atoms. The highest BCUT2D eigenvalue weighted by molar-refractivity contribution is 5.92. The molecule has 0 amide bonds. The van der Waals surface area contributed by atoms with E-state index in [0.717, 1.165) is 31.2 Å². The maximum absolute atomic E-state index is 12.7. The van der Waals surface area contributed by atoms with Gasteiger partial charge in [-0.3, -0.25) is 10.1 Å². The van der Waals surface area contributed by atoms with Gasteiger partial charge >= 0.3 is 17.6 Å². The molecule has 0 aromatic heterocycles. The molecule has 1 unspecified atom stereocenters. The number of carbonyl (C=O) groups is 2. The van der Waals surface area contributed by atoms with Crippen LogP contribution in [0.15, 0.2) is 66.7 Å². The van der Waals surface area contributed by atoms with Gasteiger partial charge in [-0.1, -0.05) is 129 Å². The van der Waals surface area contributed by atoms with E-state index in [2.05, 4.69) is 6.92 Å². The van der Waals surface area contributed by atoms with Crippen LogP contribution in [0.25, 0.3) is 11.1 Å². The van der Waals surface area contributed by atoms with Crippen LogP contribution < -0.4 is 9.47 Å². The van der Waals surface area contributed by atoms with Gasteiger partial charge in [0, 0.05) is 6.07 Å². The molecule has 0 saturated carbocycles. The maximum atomic E-state index is 12.7. The van der Waals surface area contributed by atoms with Crippen molar-refractivity contribution in [2.75, 3.05) is 13.2 Å². The molecule has 0 radical (unpaired) electrons. The van der Waals surface area contributed by atoms with E-state index in [1.807, 2.05) is 13.8 Å². The highest BCUT2D eigenvalue weighted by Gasteiger charge is 2.18. The van der Waals surface area contributed by atoms with E-state index in [1.54, 1.807) is 60.7 Å². The van der Waals surface area contributed by atoms with E-state index < -0.39 is 16.9 Å². The Morgan fingerprint density at radius 2 is 1.18 bits per heavy atom. The third-order valence-corrected chi connectivity index (χ3v) is 8.86. The summed E-state index contributed by atoms with van der Waals surface area (Å²) >= 11 is 0. The van der Waals surface area contributed by atoms with Gasteiger partial charge in [0.2, 0.25) is 0 Å². The van der Waals surface area contributed by atoms with Gasteiger partial charge in [-0.05, 0) is 65.9 Å². The van der Waals surface area contributed by atoms with Crippen molar-refractivity contribution in [1.82, 2.24) is 0 Å². The van der Waals surface area contributed by atoms with Crippen molar-refractivity contribution in [3.63, 3.8) is 0 Å². The van der Waals surface area contributed by atoms with Crippen LogP contribution in [-0.2, 0) is 4.74 Å². The molecule has 0 heterocycles. The lowest BCUT2D eigenvalue weighted by molar-refractivity contribution is -0.385. The predicted octanol–water partition coefficient (Wildman–Crippen LogP) is 11.5. The molecule has 8 heteroatoms. The average Bonchev–Trinajstić information content (AvgIpc) is 3.12. The summed E-state index contributed by atoms with van der Waals surface area (Å²) < 4.78 is 16.6. The summed E-state index contributed by atoms with van der Waals surface area (Å²) in [7, 11) is 0. The number of nitro groups is 1. The summed E-state index contributed by atoms with van der Waals surface area (Å²) in [5, 5.41) is 11.9. The summed E-state index contributed by atoms with van der Waals surface area (Å²) in [6.07, 6.45) is 18.7. The molecule has 0 N–H and O–H groups in total. The van der Waals surface area contributed by atoms with Crippen molar-refractivity contribution in [3.05, 3.63) is 88.0 Å². The Labute approximate surface area is 292 Å². The van der Waals surface area contributed by atoms with Gasteiger partial charge < -0.3 is 14.2 Å². The smallest absolute Gasteiger partial charge is 0.343 e. The zero-order chi connectivity index (χ0) is 35.3. The third-order valence-electron chi connectivity index (χ3n) is 8.86. The molecule has 3 aromatic rings. The summed E-state index contributed by atoms with van der Waals surface area (Å²) in [4.78, 5) is 36.4. The van der Waals surface area contributed by atoms with Gasteiger partial charge in [-0.2, -0.15) is 0 Å². The van der Waals surface area contributed by atoms with Gasteiger partial charge in [0.05, 0.1) is 29.3 Å². The first-order valence-electron chi connectivity index (χ1n) is 18.3. The van der Waals surface area contributed by atoms with Crippen LogP contribution in [0.1, 0.15) is 138 Å². The monoisotopic (exact) mass is 673 g/mol. The number of nitro benzene ring substituents is 1. The van der Waals surface area contributed by atoms with E-state index in [-0.39, 0.29) is 17.4 Å². The second-order valence-electron chi connectivity index (χ2n) is 13.0. The minimum Gasteiger partial charge on any atom is -0.487 e. The molecule has 0 fully saturated rings. The predicted molar refractivity (Wildman–Crippen MR) is 195 cm³/mol. The van der Waals surface area contributed by atoms with Crippen molar-refractivity contribution in [1.29, 1.82) is 0 Å². The Balaban J connectivity index is 1.40. The molecule has 0 spiro atoms. The quantitative estimate of drug-likeness (QED) is 0.0306. The van der Waals surface area contributed by atoms with Crippen LogP contribution in [0.3, 0.4) is 0 Å². The van der Waals surface area contributed by atoms with Gasteiger partial charge in [-0.25, -0.2) is 9.59 Å². The minimum absolute atomic E-state index is 0.0847. The number of ether oxygens (including phenoxy) is 3. The van der Waals surface area contributed by atoms with E-state index in [9.17, 15) is 19.7 Å². The zero-order valence-electron chi connectivity index (χ0n) is 29.8. The normalized spacial score (nSPS) is 11.6. The summed E-state index contributed by atoms with van der Waals surface area (Å²) in [5.41, 5.74) is 1.99. The van der Waals surface area contributed by atoms with Crippen molar-refractivity contribution in [2.45, 2.75) is 117 Å². The zero-order valence-corrected chi connectivity index (χ0v) is 29.8. The fourth-order valence-corrected chi connectivity index (χ4v) is 5.48. The number of rotatable bonds is 24. The van der Waals surface area contributed by atoms with Crippen LogP contribution >= 0.6 is 0 Å². The van der Waals surface area contributed by atoms with Gasteiger partial charge in [0.25, 0.3) is 0 Å². The van der Waals surface area contributed by atoms with E-state index >= 15 is 0 Å². The van der Waals surface area contributed by atoms with Crippen LogP contribution in [0.2, 0.25) is 0 Å². The van der Waals surface area contributed by atoms with Crippen molar-refractivity contribution < 1.29 is 28.7 Å². The van der Waals surface area contributed by atoms with Crippen LogP contribution in [0.5, 0.6) is 11.5 Å². The lowest BCUT2D eigenvalue weighted by Crippen LogP contribution is -2.12. The number of esters is 2. The lowest BCUT2D eigenvalue weighted by atomic mass is 10.0. The largest absolute Gasteiger partial charge is 0.487 e. The van der Waals surface area contributed by atoms with E-state index in [0.29, 0.717) is 35.7 Å². The molecule has 0 aliphatic rings. The number of hydrogen-bond acceptors (Lipinski definition) is 7. The molecule has 0 aliphatic heterocycles. The Kier molecular flexibility index (Phi) is 18.0. The van der Waals surface area contributed by atoms with Gasteiger partial charge in [0.1, 0.15) is 5.75 Å². The third kappa shape index (κ3) is 14.4. The fraction of sp³-hybridized carbons (Fsp3) is 0.512. The van der Waals surface area contributed by atoms with Crippen LogP contribution in [0, 0.1) is 16.0 Å². The molecule has 0 saturated heterocycles. The lowest BCUT2D eigenvalue weighted by Gasteiger charge is -2.10. The number of unbranched alkanes of at least 4 members (excludes halogenated alkanes) is 13. The second kappa shape index (κ2) is 22.4. The first kappa shape index (κ1) is 39.2. The maximum Gasteiger partial charge on any atom is 0.343 e. The highest BCUT2D eigenvalue weighted by Crippen LogP contribution is 2.33. The topological polar surface area (TPSA) is 105 Å². The molecule has 8 nitrogen and oxygen atoms in total. The standard InChI is InChI=1S/C41H55NO7/c1-4-6-7-8-9-10-11-12-13-14-15-16-17-18-29-47-39-28-25-36(30-38(39)42(45)46)33-19-21-35(22-20-33)41(44)49-37-26-23-34(24-27-37)40(43)48-31-32(3)5-2/h19-28,30,32H,4-18,29,31H2,1-3H3. The molecular formula is C41H55NO7. The molecule has 1 atom stereocenters. The van der Waals surface area contributed by atoms with Crippen molar-refractivity contribution in [2.24, 2.45) is 5.92 Å². The molecule has 3 aromatic carbocycles.